The predicted molar refractivity (Wildman–Crippen MR) is 98.6 cm³/mol. The Morgan fingerprint density at radius 3 is 2.35 bits per heavy atom. The van der Waals surface area contributed by atoms with Crippen molar-refractivity contribution in [2.45, 2.75) is 13.0 Å². The van der Waals surface area contributed by atoms with Crippen molar-refractivity contribution in [2.24, 2.45) is 0 Å². The van der Waals surface area contributed by atoms with Gasteiger partial charge in [0.25, 0.3) is 5.91 Å². The highest BCUT2D eigenvalue weighted by atomic mass is 16.5. The maximum atomic E-state index is 12.8. The Morgan fingerprint density at radius 1 is 0.962 bits per heavy atom. The lowest BCUT2D eigenvalue weighted by atomic mass is 10.1. The van der Waals surface area contributed by atoms with Gasteiger partial charge in [0, 0.05) is 23.6 Å². The van der Waals surface area contributed by atoms with E-state index >= 15 is 0 Å². The van der Waals surface area contributed by atoms with E-state index in [9.17, 15) is 9.59 Å². The molecule has 3 rings (SSSR count). The average Bonchev–Trinajstić information content (AvgIpc) is 2.69. The van der Waals surface area contributed by atoms with Gasteiger partial charge in [-0.05, 0) is 31.2 Å². The van der Waals surface area contributed by atoms with E-state index in [1.165, 1.54) is 6.20 Å². The quantitative estimate of drug-likeness (QED) is 0.711. The number of amides is 1. The number of aromatic nitrogens is 1. The normalized spacial score (nSPS) is 11.4. The van der Waals surface area contributed by atoms with Crippen molar-refractivity contribution in [1.82, 2.24) is 4.98 Å². The highest BCUT2D eigenvalue weighted by Crippen LogP contribution is 2.21. The van der Waals surface area contributed by atoms with E-state index in [-0.39, 0.29) is 5.56 Å². The molecule has 1 N–H and O–H groups in total. The lowest BCUT2D eigenvalue weighted by molar-refractivity contribution is -0.125. The molecule has 0 fully saturated rings. The molecule has 5 nitrogen and oxygen atoms in total. The summed E-state index contributed by atoms with van der Waals surface area (Å²) in [6.07, 6.45) is 1.91. The van der Waals surface area contributed by atoms with Crippen LogP contribution in [0.2, 0.25) is 0 Å². The Labute approximate surface area is 151 Å². The molecule has 26 heavy (non-hydrogen) atoms. The minimum Gasteiger partial charge on any atom is -0.444 e. The summed E-state index contributed by atoms with van der Waals surface area (Å²) in [5.41, 5.74) is 2.61. The van der Waals surface area contributed by atoms with Gasteiger partial charge < -0.3 is 10.1 Å². The van der Waals surface area contributed by atoms with Crippen LogP contribution in [0.4, 0.5) is 5.69 Å². The third-order valence-corrected chi connectivity index (χ3v) is 3.78. The van der Waals surface area contributed by atoms with Gasteiger partial charge >= 0.3 is 5.97 Å². The van der Waals surface area contributed by atoms with Crippen LogP contribution in [0.1, 0.15) is 27.6 Å². The van der Waals surface area contributed by atoms with Crippen LogP contribution in [0.5, 0.6) is 0 Å². The molecule has 0 unspecified atom stereocenters. The second kappa shape index (κ2) is 8.07. The minimum absolute atomic E-state index is 0.288. The highest BCUT2D eigenvalue weighted by Gasteiger charge is 2.25. The predicted octanol–water partition coefficient (Wildman–Crippen LogP) is 3.93. The lowest BCUT2D eigenvalue weighted by Gasteiger charge is -2.18. The molecule has 1 amide bonds. The molecular formula is C21H18N2O3. The van der Waals surface area contributed by atoms with E-state index < -0.39 is 18.0 Å². The molecule has 0 aliphatic carbocycles. The summed E-state index contributed by atoms with van der Waals surface area (Å²) < 4.78 is 5.49. The Bertz CT molecular complexity index is 878. The molecule has 0 spiro atoms. The number of anilines is 1. The number of carbonyl (C=O) groups excluding carboxylic acids is 2. The number of nitrogens with zero attached hydrogens (tertiary/aromatic N) is 1. The molecule has 3 aromatic rings. The van der Waals surface area contributed by atoms with Gasteiger partial charge in [-0.25, -0.2) is 4.79 Å². The smallest absolute Gasteiger partial charge is 0.340 e. The molecule has 0 bridgehead atoms. The van der Waals surface area contributed by atoms with E-state index in [1.807, 2.05) is 25.1 Å². The SMILES string of the molecule is Cc1ccc(NC(=O)[C@@H](OC(=O)c2cccnc2)c2ccccc2)cc1. The first-order chi connectivity index (χ1) is 12.6. The third kappa shape index (κ3) is 4.33. The molecule has 5 heteroatoms. The zero-order chi connectivity index (χ0) is 18.4. The van der Waals surface area contributed by atoms with Gasteiger partial charge in [-0.2, -0.15) is 0 Å². The Balaban J connectivity index is 1.82. The highest BCUT2D eigenvalue weighted by molar-refractivity contribution is 5.98. The molecule has 2 aromatic carbocycles. The lowest BCUT2D eigenvalue weighted by Crippen LogP contribution is -2.26. The van der Waals surface area contributed by atoms with Crippen molar-refractivity contribution in [3.63, 3.8) is 0 Å². The van der Waals surface area contributed by atoms with Gasteiger partial charge in [-0.3, -0.25) is 9.78 Å². The van der Waals surface area contributed by atoms with E-state index in [2.05, 4.69) is 10.3 Å². The molecule has 1 atom stereocenters. The number of benzene rings is 2. The first-order valence-corrected chi connectivity index (χ1v) is 8.17. The number of hydrogen-bond donors (Lipinski definition) is 1. The first-order valence-electron chi connectivity index (χ1n) is 8.17. The summed E-state index contributed by atoms with van der Waals surface area (Å²) in [4.78, 5) is 29.1. The van der Waals surface area contributed by atoms with Crippen LogP contribution in [-0.2, 0) is 9.53 Å². The van der Waals surface area contributed by atoms with Gasteiger partial charge in [-0.1, -0.05) is 48.0 Å². The number of rotatable bonds is 5. The fourth-order valence-corrected chi connectivity index (χ4v) is 2.40. The Kier molecular flexibility index (Phi) is 5.39. The molecule has 0 aliphatic rings. The summed E-state index contributed by atoms with van der Waals surface area (Å²) in [5.74, 6) is -1.02. The third-order valence-electron chi connectivity index (χ3n) is 3.78. The fourth-order valence-electron chi connectivity index (χ4n) is 2.40. The average molecular weight is 346 g/mol. The summed E-state index contributed by atoms with van der Waals surface area (Å²) >= 11 is 0. The van der Waals surface area contributed by atoms with Crippen molar-refractivity contribution in [3.05, 3.63) is 95.8 Å². The fraction of sp³-hybridized carbons (Fsp3) is 0.0952. The summed E-state index contributed by atoms with van der Waals surface area (Å²) in [5, 5.41) is 2.79. The van der Waals surface area contributed by atoms with Crippen molar-refractivity contribution in [2.75, 3.05) is 5.32 Å². The number of nitrogens with one attached hydrogen (secondary N) is 1. The van der Waals surface area contributed by atoms with Crippen molar-refractivity contribution < 1.29 is 14.3 Å². The number of aryl methyl sites for hydroxylation is 1. The van der Waals surface area contributed by atoms with Crippen molar-refractivity contribution in [3.8, 4) is 0 Å². The van der Waals surface area contributed by atoms with Crippen LogP contribution in [0.15, 0.2) is 79.1 Å². The zero-order valence-electron chi connectivity index (χ0n) is 14.3. The van der Waals surface area contributed by atoms with Crippen molar-refractivity contribution >= 4 is 17.6 Å². The van der Waals surface area contributed by atoms with Crippen LogP contribution in [-0.4, -0.2) is 16.9 Å². The van der Waals surface area contributed by atoms with Gasteiger partial charge in [-0.15, -0.1) is 0 Å². The second-order valence-corrected chi connectivity index (χ2v) is 5.79. The summed E-state index contributed by atoms with van der Waals surface area (Å²) in [6.45, 7) is 1.97. The van der Waals surface area contributed by atoms with Crippen LogP contribution < -0.4 is 5.32 Å². The molecule has 0 aliphatic heterocycles. The number of carbonyl (C=O) groups is 2. The molecule has 1 aromatic heterocycles. The largest absolute Gasteiger partial charge is 0.444 e. The number of ether oxygens (including phenoxy) is 1. The monoisotopic (exact) mass is 346 g/mol. The maximum Gasteiger partial charge on any atom is 0.340 e. The topological polar surface area (TPSA) is 68.3 Å². The van der Waals surface area contributed by atoms with E-state index in [1.54, 1.807) is 54.7 Å². The first kappa shape index (κ1) is 17.4. The van der Waals surface area contributed by atoms with Crippen LogP contribution in [0.25, 0.3) is 0 Å². The van der Waals surface area contributed by atoms with E-state index in [0.717, 1.165) is 5.56 Å². The van der Waals surface area contributed by atoms with E-state index in [4.69, 9.17) is 4.74 Å². The van der Waals surface area contributed by atoms with Gasteiger partial charge in [0.05, 0.1) is 5.56 Å². The summed E-state index contributed by atoms with van der Waals surface area (Å²) in [7, 11) is 0. The molecule has 0 radical (unpaired) electrons. The van der Waals surface area contributed by atoms with Crippen LogP contribution in [0, 0.1) is 6.92 Å². The maximum absolute atomic E-state index is 12.8. The van der Waals surface area contributed by atoms with Crippen LogP contribution in [0.3, 0.4) is 0 Å². The molecule has 130 valence electrons. The Hall–Kier alpha value is -3.47. The molecule has 0 saturated carbocycles. The molecule has 1 heterocycles. The molecule has 0 saturated heterocycles. The number of esters is 1. The van der Waals surface area contributed by atoms with Gasteiger partial charge in [0.15, 0.2) is 0 Å². The van der Waals surface area contributed by atoms with Crippen molar-refractivity contribution in [1.29, 1.82) is 0 Å². The van der Waals surface area contributed by atoms with Gasteiger partial charge in [0.1, 0.15) is 0 Å². The number of hydrogen-bond acceptors (Lipinski definition) is 4. The summed E-state index contributed by atoms with van der Waals surface area (Å²) in [6, 6.07) is 19.5. The standard InChI is InChI=1S/C21H18N2O3/c1-15-9-11-18(12-10-15)23-20(24)19(16-6-3-2-4-7-16)26-21(25)17-8-5-13-22-14-17/h2-14,19H,1H3,(H,23,24)/t19-/m0/s1. The second-order valence-electron chi connectivity index (χ2n) is 5.79. The van der Waals surface area contributed by atoms with E-state index in [0.29, 0.717) is 11.3 Å². The van der Waals surface area contributed by atoms with Gasteiger partial charge in [0.2, 0.25) is 6.10 Å². The minimum atomic E-state index is -1.06. The Morgan fingerprint density at radius 2 is 1.69 bits per heavy atom. The molecular weight excluding hydrogens is 328 g/mol. The zero-order valence-corrected chi connectivity index (χ0v) is 14.3. The van der Waals surface area contributed by atoms with Crippen LogP contribution >= 0.6 is 0 Å². The number of pyridine rings is 1.